The van der Waals surface area contributed by atoms with Crippen LogP contribution in [0, 0.1) is 17.3 Å². The Morgan fingerprint density at radius 2 is 2.06 bits per heavy atom. The summed E-state index contributed by atoms with van der Waals surface area (Å²) in [5.74, 6) is 1.68. The van der Waals surface area contributed by atoms with E-state index in [1.54, 1.807) is 6.92 Å². The van der Waals surface area contributed by atoms with Crippen LogP contribution in [0.2, 0.25) is 0 Å². The Hall–Kier alpha value is -0.590. The van der Waals surface area contributed by atoms with E-state index >= 15 is 0 Å². The monoisotopic (exact) mass is 222 g/mol. The third-order valence-corrected chi connectivity index (χ3v) is 4.03. The van der Waals surface area contributed by atoms with Crippen molar-refractivity contribution in [1.29, 1.82) is 0 Å². The zero-order chi connectivity index (χ0) is 12.3. The first-order valence-electron chi connectivity index (χ1n) is 6.48. The summed E-state index contributed by atoms with van der Waals surface area (Å²) in [5.41, 5.74) is 1.77. The molecule has 2 atom stereocenters. The van der Waals surface area contributed by atoms with Gasteiger partial charge in [-0.2, -0.15) is 0 Å². The van der Waals surface area contributed by atoms with Gasteiger partial charge in [0.2, 0.25) is 0 Å². The summed E-state index contributed by atoms with van der Waals surface area (Å²) in [6.45, 7) is 12.8. The topological polar surface area (TPSA) is 17.1 Å². The number of carbonyl (C=O) groups excluding carboxylic acids is 1. The molecule has 1 rings (SSSR count). The lowest BCUT2D eigenvalue weighted by atomic mass is 9.67. The van der Waals surface area contributed by atoms with Crippen molar-refractivity contribution in [2.24, 2.45) is 17.3 Å². The Bertz CT molecular complexity index is 270. The lowest BCUT2D eigenvalue weighted by Gasteiger charge is -2.39. The molecule has 0 heterocycles. The van der Waals surface area contributed by atoms with Gasteiger partial charge in [0.25, 0.3) is 0 Å². The van der Waals surface area contributed by atoms with Crippen LogP contribution < -0.4 is 0 Å². The minimum atomic E-state index is 0.311. The standard InChI is InChI=1S/C15H26O/c1-11-6-9-14(15(3,4)5)10-13(11)8-7-12(2)16/h13-14H,1,6-10H2,2-5H3/t13-,14-/m0/s1. The first kappa shape index (κ1) is 13.5. The van der Waals surface area contributed by atoms with Gasteiger partial charge < -0.3 is 4.79 Å². The molecule has 0 N–H and O–H groups in total. The highest BCUT2D eigenvalue weighted by atomic mass is 16.1. The average molecular weight is 222 g/mol. The van der Waals surface area contributed by atoms with E-state index < -0.39 is 0 Å². The van der Waals surface area contributed by atoms with E-state index in [0.29, 0.717) is 17.1 Å². The van der Waals surface area contributed by atoms with Crippen LogP contribution in [0.1, 0.15) is 59.8 Å². The van der Waals surface area contributed by atoms with Crippen LogP contribution in [0.3, 0.4) is 0 Å². The molecular weight excluding hydrogens is 196 g/mol. The van der Waals surface area contributed by atoms with Crippen molar-refractivity contribution in [3.8, 4) is 0 Å². The molecule has 0 spiro atoms. The predicted octanol–water partition coefficient (Wildman–Crippen LogP) is 4.37. The number of carbonyl (C=O) groups is 1. The number of hydrogen-bond donors (Lipinski definition) is 0. The average Bonchev–Trinajstić information content (AvgIpc) is 2.14. The van der Waals surface area contributed by atoms with Gasteiger partial charge in [0, 0.05) is 6.42 Å². The summed E-state index contributed by atoms with van der Waals surface area (Å²) in [6.07, 6.45) is 5.40. The minimum absolute atomic E-state index is 0.311. The summed E-state index contributed by atoms with van der Waals surface area (Å²) in [6, 6.07) is 0. The number of rotatable bonds is 3. The second kappa shape index (κ2) is 5.16. The van der Waals surface area contributed by atoms with Crippen LogP contribution >= 0.6 is 0 Å². The zero-order valence-corrected chi connectivity index (χ0v) is 11.3. The fraction of sp³-hybridized carbons (Fsp3) is 0.800. The van der Waals surface area contributed by atoms with Crippen molar-refractivity contribution in [2.75, 3.05) is 0 Å². The van der Waals surface area contributed by atoms with E-state index in [4.69, 9.17) is 0 Å². The zero-order valence-electron chi connectivity index (χ0n) is 11.3. The molecule has 92 valence electrons. The summed E-state index contributed by atoms with van der Waals surface area (Å²) >= 11 is 0. The SMILES string of the molecule is C=C1CC[C@H](C(C)(C)C)C[C@@H]1CCC(C)=O. The molecule has 0 aliphatic heterocycles. The van der Waals surface area contributed by atoms with Crippen molar-refractivity contribution >= 4 is 5.78 Å². The normalized spacial score (nSPS) is 26.9. The molecule has 1 aliphatic rings. The second-order valence-corrected chi connectivity index (χ2v) is 6.43. The fourth-order valence-electron chi connectivity index (χ4n) is 2.68. The molecule has 1 heteroatoms. The van der Waals surface area contributed by atoms with E-state index in [1.807, 2.05) is 0 Å². The fourth-order valence-corrected chi connectivity index (χ4v) is 2.68. The molecule has 1 nitrogen and oxygen atoms in total. The van der Waals surface area contributed by atoms with Crippen LogP contribution in [0.25, 0.3) is 0 Å². The number of ketones is 1. The van der Waals surface area contributed by atoms with Crippen LogP contribution in [0.4, 0.5) is 0 Å². The highest BCUT2D eigenvalue weighted by Gasteiger charge is 2.31. The first-order valence-corrected chi connectivity index (χ1v) is 6.48. The van der Waals surface area contributed by atoms with E-state index in [9.17, 15) is 4.79 Å². The van der Waals surface area contributed by atoms with E-state index in [1.165, 1.54) is 18.4 Å². The molecule has 1 aliphatic carbocycles. The van der Waals surface area contributed by atoms with Crippen molar-refractivity contribution < 1.29 is 4.79 Å². The Morgan fingerprint density at radius 1 is 1.44 bits per heavy atom. The maximum absolute atomic E-state index is 11.0. The van der Waals surface area contributed by atoms with Gasteiger partial charge in [0.1, 0.15) is 5.78 Å². The van der Waals surface area contributed by atoms with Crippen LogP contribution in [0.5, 0.6) is 0 Å². The minimum Gasteiger partial charge on any atom is -0.300 e. The number of Topliss-reactive ketones (excluding diaryl/α,β-unsaturated/α-hetero) is 1. The molecule has 0 aromatic rings. The van der Waals surface area contributed by atoms with Gasteiger partial charge in [0.15, 0.2) is 0 Å². The second-order valence-electron chi connectivity index (χ2n) is 6.43. The van der Waals surface area contributed by atoms with Crippen LogP contribution in [-0.4, -0.2) is 5.78 Å². The molecule has 1 saturated carbocycles. The van der Waals surface area contributed by atoms with Gasteiger partial charge in [-0.1, -0.05) is 32.9 Å². The largest absolute Gasteiger partial charge is 0.300 e. The van der Waals surface area contributed by atoms with Crippen molar-refractivity contribution in [2.45, 2.75) is 59.8 Å². The molecule has 0 aromatic carbocycles. The quantitative estimate of drug-likeness (QED) is 0.648. The molecule has 16 heavy (non-hydrogen) atoms. The van der Waals surface area contributed by atoms with E-state index in [-0.39, 0.29) is 0 Å². The number of hydrogen-bond acceptors (Lipinski definition) is 1. The Morgan fingerprint density at radius 3 is 2.56 bits per heavy atom. The summed E-state index contributed by atoms with van der Waals surface area (Å²) in [5, 5.41) is 0. The molecule has 0 aromatic heterocycles. The van der Waals surface area contributed by atoms with Gasteiger partial charge in [-0.05, 0) is 49.9 Å². The lowest BCUT2D eigenvalue weighted by Crippen LogP contribution is -2.28. The molecule has 0 saturated heterocycles. The molecule has 1 fully saturated rings. The Balaban J connectivity index is 2.55. The Labute approximate surface area is 100 Å². The lowest BCUT2D eigenvalue weighted by molar-refractivity contribution is -0.117. The summed E-state index contributed by atoms with van der Waals surface area (Å²) < 4.78 is 0. The molecule has 0 radical (unpaired) electrons. The van der Waals surface area contributed by atoms with Crippen molar-refractivity contribution in [1.82, 2.24) is 0 Å². The third kappa shape index (κ3) is 3.77. The number of allylic oxidation sites excluding steroid dienone is 1. The maximum Gasteiger partial charge on any atom is 0.129 e. The Kier molecular flexibility index (Phi) is 4.35. The highest BCUT2D eigenvalue weighted by Crippen LogP contribution is 2.43. The van der Waals surface area contributed by atoms with Crippen molar-refractivity contribution in [3.05, 3.63) is 12.2 Å². The molecule has 0 bridgehead atoms. The van der Waals surface area contributed by atoms with Crippen LogP contribution in [0.15, 0.2) is 12.2 Å². The van der Waals surface area contributed by atoms with Gasteiger partial charge in [-0.25, -0.2) is 0 Å². The third-order valence-electron chi connectivity index (χ3n) is 4.03. The van der Waals surface area contributed by atoms with Gasteiger partial charge in [-0.15, -0.1) is 0 Å². The molecule has 0 amide bonds. The van der Waals surface area contributed by atoms with E-state index in [0.717, 1.165) is 25.2 Å². The summed E-state index contributed by atoms with van der Waals surface area (Å²) in [4.78, 5) is 11.0. The van der Waals surface area contributed by atoms with Gasteiger partial charge >= 0.3 is 0 Å². The van der Waals surface area contributed by atoms with Gasteiger partial charge in [0.05, 0.1) is 0 Å². The smallest absolute Gasteiger partial charge is 0.129 e. The summed E-state index contributed by atoms with van der Waals surface area (Å²) in [7, 11) is 0. The van der Waals surface area contributed by atoms with Crippen LogP contribution in [-0.2, 0) is 4.79 Å². The van der Waals surface area contributed by atoms with Crippen molar-refractivity contribution in [3.63, 3.8) is 0 Å². The van der Waals surface area contributed by atoms with Gasteiger partial charge in [-0.3, -0.25) is 0 Å². The molecular formula is C15H26O. The predicted molar refractivity (Wildman–Crippen MR) is 69.3 cm³/mol. The van der Waals surface area contributed by atoms with E-state index in [2.05, 4.69) is 27.4 Å². The highest BCUT2D eigenvalue weighted by molar-refractivity contribution is 5.75. The maximum atomic E-state index is 11.0. The first-order chi connectivity index (χ1) is 7.30. The molecule has 0 unspecified atom stereocenters.